The molecule has 0 aromatic heterocycles. The molecule has 1 saturated heterocycles. The Morgan fingerprint density at radius 3 is 2.00 bits per heavy atom. The monoisotopic (exact) mass is 596 g/mol. The molecule has 0 unspecified atom stereocenters. The first-order valence-electron chi connectivity index (χ1n) is 14.8. The van der Waals surface area contributed by atoms with Crippen LogP contribution >= 0.6 is 0 Å². The van der Waals surface area contributed by atoms with Gasteiger partial charge in [0.25, 0.3) is 0 Å². The summed E-state index contributed by atoms with van der Waals surface area (Å²) in [7, 11) is 0. The molecule has 3 fully saturated rings. The molecule has 0 spiro atoms. The normalized spacial score (nSPS) is 40.2. The van der Waals surface area contributed by atoms with Crippen molar-refractivity contribution in [2.24, 2.45) is 29.1 Å². The smallest absolute Gasteiger partial charge is 0.338 e. The van der Waals surface area contributed by atoms with E-state index in [4.69, 9.17) is 23.7 Å². The summed E-state index contributed by atoms with van der Waals surface area (Å²) in [5.74, 6) is -4.43. The predicted octanol–water partition coefficient (Wildman–Crippen LogP) is 3.99. The molecule has 10 heteroatoms. The summed E-state index contributed by atoms with van der Waals surface area (Å²) in [6.07, 6.45) is -1.74. The van der Waals surface area contributed by atoms with E-state index in [1.165, 1.54) is 20.8 Å². The van der Waals surface area contributed by atoms with Gasteiger partial charge in [-0.1, -0.05) is 45.9 Å². The van der Waals surface area contributed by atoms with Crippen molar-refractivity contribution in [2.75, 3.05) is 0 Å². The van der Waals surface area contributed by atoms with E-state index < -0.39 is 82.7 Å². The average Bonchev–Trinajstić information content (AvgIpc) is 3.71. The molecule has 3 aliphatic carbocycles. The van der Waals surface area contributed by atoms with Crippen molar-refractivity contribution in [2.45, 2.75) is 97.4 Å². The molecule has 0 amide bonds. The van der Waals surface area contributed by atoms with Crippen molar-refractivity contribution < 1.29 is 47.7 Å². The van der Waals surface area contributed by atoms with E-state index in [0.717, 1.165) is 0 Å². The zero-order valence-electron chi connectivity index (χ0n) is 25.9. The van der Waals surface area contributed by atoms with Gasteiger partial charge in [-0.15, -0.1) is 0 Å². The Morgan fingerprint density at radius 1 is 0.837 bits per heavy atom. The molecule has 232 valence electrons. The highest BCUT2D eigenvalue weighted by Crippen LogP contribution is 2.69. The highest BCUT2D eigenvalue weighted by Gasteiger charge is 2.84. The molecule has 43 heavy (non-hydrogen) atoms. The van der Waals surface area contributed by atoms with E-state index in [-0.39, 0.29) is 18.1 Å². The van der Waals surface area contributed by atoms with Gasteiger partial charge in [0, 0.05) is 32.6 Å². The van der Waals surface area contributed by atoms with Gasteiger partial charge in [0.2, 0.25) is 0 Å². The molecular formula is C33H40O10. The second-order valence-electron chi connectivity index (χ2n) is 13.2. The minimum Gasteiger partial charge on any atom is -0.461 e. The van der Waals surface area contributed by atoms with Gasteiger partial charge in [-0.25, -0.2) is 4.79 Å². The van der Waals surface area contributed by atoms with E-state index in [0.29, 0.717) is 11.1 Å². The average molecular weight is 597 g/mol. The lowest BCUT2D eigenvalue weighted by atomic mass is 9.80. The fourth-order valence-electron chi connectivity index (χ4n) is 7.97. The minimum atomic E-state index is -1.33. The van der Waals surface area contributed by atoms with Crippen molar-refractivity contribution in [3.8, 4) is 0 Å². The number of Topliss-reactive ketones (excluding diaryl/α,β-unsaturated/α-hetero) is 1. The maximum atomic E-state index is 14.4. The highest BCUT2D eigenvalue weighted by atomic mass is 16.7. The number of hydrogen-bond acceptors (Lipinski definition) is 10. The summed E-state index contributed by atoms with van der Waals surface area (Å²) in [5.41, 5.74) is -2.43. The fraction of sp³-hybridized carbons (Fsp3) is 0.606. The van der Waals surface area contributed by atoms with E-state index in [2.05, 4.69) is 0 Å². The van der Waals surface area contributed by atoms with Gasteiger partial charge < -0.3 is 23.7 Å². The predicted molar refractivity (Wildman–Crippen MR) is 151 cm³/mol. The second kappa shape index (κ2) is 10.6. The van der Waals surface area contributed by atoms with Crippen LogP contribution in [-0.4, -0.2) is 65.3 Å². The largest absolute Gasteiger partial charge is 0.461 e. The highest BCUT2D eigenvalue weighted by molar-refractivity contribution is 5.96. The molecule has 0 radical (unpaired) electrons. The van der Waals surface area contributed by atoms with Gasteiger partial charge in [-0.2, -0.15) is 0 Å². The van der Waals surface area contributed by atoms with Crippen molar-refractivity contribution in [3.05, 3.63) is 47.5 Å². The standard InChI is InChI=1S/C33H40O10/c1-16-14-33-29(41-21(6)36)17(2)15-32(33,43-33)28(37)18(3)26(40-20(5)35)23-24(31(23,7)8)27(25(16)39-19(4)34)42-30(38)22-12-10-9-11-13-22/h9-14,17-18,23-27,29H,15H2,1-8H3/b16-14+/t17-,18+,23-,24+,25+,26-,27-,29-,32-,33-/m0/s1. The second-order valence-corrected chi connectivity index (χ2v) is 13.2. The van der Waals surface area contributed by atoms with Gasteiger partial charge in [0.1, 0.15) is 18.3 Å². The number of ether oxygens (including phenoxy) is 5. The van der Waals surface area contributed by atoms with Gasteiger partial charge in [-0.3, -0.25) is 19.2 Å². The Hall–Kier alpha value is -3.53. The Balaban J connectivity index is 1.69. The Kier molecular flexibility index (Phi) is 7.60. The topological polar surface area (TPSA) is 135 Å². The van der Waals surface area contributed by atoms with E-state index in [1.807, 2.05) is 20.8 Å². The van der Waals surface area contributed by atoms with Gasteiger partial charge >= 0.3 is 23.9 Å². The molecule has 4 aliphatic rings. The van der Waals surface area contributed by atoms with Crippen molar-refractivity contribution in [1.29, 1.82) is 0 Å². The van der Waals surface area contributed by atoms with Crippen LogP contribution in [0.3, 0.4) is 0 Å². The number of esters is 4. The lowest BCUT2D eigenvalue weighted by Crippen LogP contribution is -2.43. The lowest BCUT2D eigenvalue weighted by molar-refractivity contribution is -0.154. The van der Waals surface area contributed by atoms with Crippen molar-refractivity contribution in [3.63, 3.8) is 0 Å². The molecule has 1 heterocycles. The third kappa shape index (κ3) is 4.97. The first kappa shape index (κ1) is 30.9. The number of benzene rings is 1. The zero-order chi connectivity index (χ0) is 31.6. The summed E-state index contributed by atoms with van der Waals surface area (Å²) in [6, 6.07) is 8.48. The summed E-state index contributed by atoms with van der Waals surface area (Å²) in [6.45, 7) is 13.1. The minimum absolute atomic E-state index is 0.239. The fourth-order valence-corrected chi connectivity index (χ4v) is 7.97. The van der Waals surface area contributed by atoms with Gasteiger partial charge in [-0.05, 0) is 48.5 Å². The molecule has 1 aromatic carbocycles. The summed E-state index contributed by atoms with van der Waals surface area (Å²) in [5, 5.41) is 0. The molecule has 1 aliphatic heterocycles. The van der Waals surface area contributed by atoms with Crippen LogP contribution in [0.4, 0.5) is 0 Å². The van der Waals surface area contributed by atoms with Crippen LogP contribution in [0.15, 0.2) is 42.0 Å². The number of carbonyl (C=O) groups is 5. The van der Waals surface area contributed by atoms with Crippen LogP contribution in [0.2, 0.25) is 0 Å². The van der Waals surface area contributed by atoms with E-state index in [9.17, 15) is 24.0 Å². The third-order valence-corrected chi connectivity index (χ3v) is 9.82. The number of fused-ring (bicyclic) bond motifs is 1. The third-order valence-electron chi connectivity index (χ3n) is 9.82. The Labute approximate surface area is 251 Å². The van der Waals surface area contributed by atoms with Crippen LogP contribution in [0.25, 0.3) is 0 Å². The summed E-state index contributed by atoms with van der Waals surface area (Å²) < 4.78 is 30.1. The molecule has 5 rings (SSSR count). The SMILES string of the molecule is CC(=O)O[C@@H]1[C@@H]2[C@H]([C@H](OC(=O)c3ccccc3)[C@H](OC(C)=O)/C(C)=C/[C@@]34O[C@@]3(C[C@H](C)[C@@H]4OC(C)=O)C(=O)[C@@H]1C)C2(C)C. The van der Waals surface area contributed by atoms with E-state index >= 15 is 0 Å². The molecule has 0 bridgehead atoms. The number of carbonyl (C=O) groups excluding carboxylic acids is 5. The van der Waals surface area contributed by atoms with Gasteiger partial charge in [0.15, 0.2) is 23.1 Å². The molecule has 2 saturated carbocycles. The number of epoxide rings is 1. The number of ketones is 1. The molecule has 10 nitrogen and oxygen atoms in total. The maximum Gasteiger partial charge on any atom is 0.338 e. The molecule has 0 N–H and O–H groups in total. The van der Waals surface area contributed by atoms with E-state index in [1.54, 1.807) is 50.3 Å². The lowest BCUT2D eigenvalue weighted by Gasteiger charge is -2.30. The zero-order valence-corrected chi connectivity index (χ0v) is 25.9. The summed E-state index contributed by atoms with van der Waals surface area (Å²) in [4.78, 5) is 65.0. The van der Waals surface area contributed by atoms with Crippen LogP contribution in [-0.2, 0) is 42.9 Å². The molecule has 1 aromatic rings. The van der Waals surface area contributed by atoms with Crippen molar-refractivity contribution >= 4 is 29.7 Å². The first-order valence-corrected chi connectivity index (χ1v) is 14.8. The Morgan fingerprint density at radius 2 is 1.42 bits per heavy atom. The van der Waals surface area contributed by atoms with Crippen LogP contribution in [0, 0.1) is 29.1 Å². The first-order chi connectivity index (χ1) is 20.1. The Bertz CT molecular complexity index is 1380. The van der Waals surface area contributed by atoms with Crippen LogP contribution in [0.5, 0.6) is 0 Å². The van der Waals surface area contributed by atoms with Crippen LogP contribution in [0.1, 0.15) is 72.2 Å². The molecule has 10 atom stereocenters. The van der Waals surface area contributed by atoms with Crippen molar-refractivity contribution in [1.82, 2.24) is 0 Å². The quantitative estimate of drug-likeness (QED) is 0.212. The molecular weight excluding hydrogens is 556 g/mol. The number of rotatable bonds is 5. The maximum absolute atomic E-state index is 14.4. The van der Waals surface area contributed by atoms with Crippen LogP contribution < -0.4 is 0 Å². The summed E-state index contributed by atoms with van der Waals surface area (Å²) >= 11 is 0. The van der Waals surface area contributed by atoms with Gasteiger partial charge in [0.05, 0.1) is 11.5 Å². The number of hydrogen-bond donors (Lipinski definition) is 0.